The number of pyridine rings is 1. The fourth-order valence-electron chi connectivity index (χ4n) is 1.88. The molecule has 0 saturated carbocycles. The zero-order valence-electron chi connectivity index (χ0n) is 10.2. The number of rotatable bonds is 3. The summed E-state index contributed by atoms with van der Waals surface area (Å²) in [5.74, 6) is 0.923. The number of hydrogen-bond donors (Lipinski definition) is 0. The number of aromatic nitrogens is 3. The van der Waals surface area contributed by atoms with Crippen molar-refractivity contribution < 1.29 is 12.9 Å². The van der Waals surface area contributed by atoms with Gasteiger partial charge in [-0.25, -0.2) is 12.7 Å². The van der Waals surface area contributed by atoms with E-state index in [4.69, 9.17) is 4.52 Å². The Morgan fingerprint density at radius 3 is 2.84 bits per heavy atom. The minimum absolute atomic E-state index is 0.0207. The molecule has 1 saturated heterocycles. The summed E-state index contributed by atoms with van der Waals surface area (Å²) in [7, 11) is -3.12. The molecule has 0 unspecified atom stereocenters. The molecule has 0 bridgehead atoms. The lowest BCUT2D eigenvalue weighted by molar-refractivity contribution is 0.218. The van der Waals surface area contributed by atoms with Crippen molar-refractivity contribution >= 4 is 10.0 Å². The van der Waals surface area contributed by atoms with Crippen LogP contribution in [0.4, 0.5) is 0 Å². The van der Waals surface area contributed by atoms with Crippen LogP contribution in [0, 0.1) is 0 Å². The van der Waals surface area contributed by atoms with Crippen molar-refractivity contribution in [3.8, 4) is 11.4 Å². The highest BCUT2D eigenvalue weighted by Gasteiger charge is 2.37. The molecule has 2 aromatic rings. The second kappa shape index (κ2) is 4.39. The lowest BCUT2D eigenvalue weighted by Gasteiger charge is -2.34. The topological polar surface area (TPSA) is 89.2 Å². The van der Waals surface area contributed by atoms with Crippen LogP contribution < -0.4 is 0 Å². The fourth-order valence-corrected chi connectivity index (χ4v) is 2.78. The van der Waals surface area contributed by atoms with E-state index in [2.05, 4.69) is 15.1 Å². The third kappa shape index (κ3) is 2.36. The van der Waals surface area contributed by atoms with E-state index in [0.29, 0.717) is 24.8 Å². The lowest BCUT2D eigenvalue weighted by Crippen LogP contribution is -2.47. The lowest BCUT2D eigenvalue weighted by atomic mass is 10.0. The van der Waals surface area contributed by atoms with Crippen molar-refractivity contribution in [2.75, 3.05) is 19.3 Å². The summed E-state index contributed by atoms with van der Waals surface area (Å²) in [6.07, 6.45) is 4.51. The van der Waals surface area contributed by atoms with Gasteiger partial charge in [0.15, 0.2) is 0 Å². The quantitative estimate of drug-likeness (QED) is 0.813. The van der Waals surface area contributed by atoms with Gasteiger partial charge in [-0.2, -0.15) is 4.98 Å². The van der Waals surface area contributed by atoms with Crippen molar-refractivity contribution in [2.45, 2.75) is 5.92 Å². The highest BCUT2D eigenvalue weighted by Crippen LogP contribution is 2.28. The smallest absolute Gasteiger partial charge is 0.232 e. The van der Waals surface area contributed by atoms with Crippen molar-refractivity contribution in [3.05, 3.63) is 30.4 Å². The molecule has 0 spiro atoms. The minimum atomic E-state index is -3.12. The standard InChI is InChI=1S/C11H12N4O3S/c1-19(16,17)15-6-9(7-15)11-13-10(14-18-11)8-3-2-4-12-5-8/h2-5,9H,6-7H2,1H3. The number of sulfonamides is 1. The van der Waals surface area contributed by atoms with Crippen molar-refractivity contribution in [1.29, 1.82) is 0 Å². The van der Waals surface area contributed by atoms with Gasteiger partial charge in [0.1, 0.15) is 0 Å². The van der Waals surface area contributed by atoms with E-state index in [0.717, 1.165) is 5.56 Å². The molecule has 3 heterocycles. The van der Waals surface area contributed by atoms with Gasteiger partial charge in [-0.1, -0.05) is 5.16 Å². The maximum Gasteiger partial charge on any atom is 0.232 e. The minimum Gasteiger partial charge on any atom is -0.339 e. The predicted octanol–water partition coefficient (Wildman–Crippen LogP) is 0.490. The molecule has 0 aromatic carbocycles. The molecule has 7 nitrogen and oxygen atoms in total. The van der Waals surface area contributed by atoms with Crippen LogP contribution in [-0.4, -0.2) is 47.2 Å². The summed E-state index contributed by atoms with van der Waals surface area (Å²) in [6, 6.07) is 3.63. The van der Waals surface area contributed by atoms with Crippen LogP contribution in [0.3, 0.4) is 0 Å². The highest BCUT2D eigenvalue weighted by molar-refractivity contribution is 7.88. The third-order valence-corrected chi connectivity index (χ3v) is 4.26. The monoisotopic (exact) mass is 280 g/mol. The average molecular weight is 280 g/mol. The number of nitrogens with zero attached hydrogens (tertiary/aromatic N) is 4. The largest absolute Gasteiger partial charge is 0.339 e. The Kier molecular flexibility index (Phi) is 2.83. The molecule has 0 amide bonds. The normalized spacial score (nSPS) is 17.3. The molecular formula is C11H12N4O3S. The van der Waals surface area contributed by atoms with Crippen LogP contribution in [0.1, 0.15) is 11.8 Å². The average Bonchev–Trinajstić information content (AvgIpc) is 2.75. The van der Waals surface area contributed by atoms with Crippen molar-refractivity contribution in [1.82, 2.24) is 19.4 Å². The Balaban J connectivity index is 1.74. The van der Waals surface area contributed by atoms with E-state index in [1.54, 1.807) is 18.5 Å². The molecular weight excluding hydrogens is 268 g/mol. The number of hydrogen-bond acceptors (Lipinski definition) is 6. The van der Waals surface area contributed by atoms with Gasteiger partial charge in [-0.05, 0) is 12.1 Å². The highest BCUT2D eigenvalue weighted by atomic mass is 32.2. The molecule has 1 aliphatic rings. The van der Waals surface area contributed by atoms with E-state index in [1.807, 2.05) is 6.07 Å². The van der Waals surface area contributed by atoms with E-state index in [1.165, 1.54) is 10.6 Å². The summed E-state index contributed by atoms with van der Waals surface area (Å²) < 4.78 is 29.1. The predicted molar refractivity (Wildman–Crippen MR) is 66.7 cm³/mol. The van der Waals surface area contributed by atoms with Gasteiger partial charge in [0, 0.05) is 31.0 Å². The Labute approximate surface area is 110 Å². The van der Waals surface area contributed by atoms with Gasteiger partial charge < -0.3 is 4.52 Å². The van der Waals surface area contributed by atoms with Crippen molar-refractivity contribution in [3.63, 3.8) is 0 Å². The SMILES string of the molecule is CS(=O)(=O)N1CC(c2nc(-c3cccnc3)no2)C1. The fraction of sp³-hybridized carbons (Fsp3) is 0.364. The summed E-state index contributed by atoms with van der Waals surface area (Å²) in [5.41, 5.74) is 0.775. The molecule has 19 heavy (non-hydrogen) atoms. The molecule has 0 radical (unpaired) electrons. The summed E-state index contributed by atoms with van der Waals surface area (Å²) >= 11 is 0. The molecule has 2 aromatic heterocycles. The van der Waals surface area contributed by atoms with Gasteiger partial charge >= 0.3 is 0 Å². The van der Waals surface area contributed by atoms with Gasteiger partial charge in [0.25, 0.3) is 0 Å². The van der Waals surface area contributed by atoms with Crippen LogP contribution in [0.5, 0.6) is 0 Å². The summed E-state index contributed by atoms with van der Waals surface area (Å²) in [6.45, 7) is 0.793. The second-order valence-electron chi connectivity index (χ2n) is 4.47. The molecule has 0 atom stereocenters. The molecule has 0 N–H and O–H groups in total. The van der Waals surface area contributed by atoms with Gasteiger partial charge in [-0.15, -0.1) is 0 Å². The maximum atomic E-state index is 11.3. The molecule has 8 heteroatoms. The zero-order chi connectivity index (χ0) is 13.5. The van der Waals surface area contributed by atoms with Crippen LogP contribution in [-0.2, 0) is 10.0 Å². The first-order valence-electron chi connectivity index (χ1n) is 5.73. The van der Waals surface area contributed by atoms with E-state index >= 15 is 0 Å². The van der Waals surface area contributed by atoms with Crippen LogP contribution in [0.15, 0.2) is 29.0 Å². The van der Waals surface area contributed by atoms with Gasteiger partial charge in [0.2, 0.25) is 21.7 Å². The maximum absolute atomic E-state index is 11.3. The molecule has 1 aliphatic heterocycles. The molecule has 0 aliphatic carbocycles. The van der Waals surface area contributed by atoms with E-state index in [-0.39, 0.29) is 5.92 Å². The molecule has 3 rings (SSSR count). The Morgan fingerprint density at radius 1 is 1.42 bits per heavy atom. The molecule has 1 fully saturated rings. The summed E-state index contributed by atoms with van der Waals surface area (Å²) in [4.78, 5) is 8.26. The van der Waals surface area contributed by atoms with Crippen LogP contribution >= 0.6 is 0 Å². The first kappa shape index (κ1) is 12.2. The van der Waals surface area contributed by atoms with Crippen LogP contribution in [0.25, 0.3) is 11.4 Å². The van der Waals surface area contributed by atoms with Gasteiger partial charge in [-0.3, -0.25) is 4.98 Å². The second-order valence-corrected chi connectivity index (χ2v) is 6.46. The molecule has 100 valence electrons. The van der Waals surface area contributed by atoms with E-state index in [9.17, 15) is 8.42 Å². The summed E-state index contributed by atoms with van der Waals surface area (Å²) in [5, 5.41) is 3.88. The zero-order valence-corrected chi connectivity index (χ0v) is 11.0. The first-order valence-corrected chi connectivity index (χ1v) is 7.58. The van der Waals surface area contributed by atoms with Gasteiger partial charge in [0.05, 0.1) is 12.2 Å². The Bertz CT molecular complexity index is 677. The Hall–Kier alpha value is -1.80. The Morgan fingerprint density at radius 2 is 2.21 bits per heavy atom. The van der Waals surface area contributed by atoms with Crippen molar-refractivity contribution in [2.24, 2.45) is 0 Å². The third-order valence-electron chi connectivity index (χ3n) is 3.03. The van der Waals surface area contributed by atoms with Crippen LogP contribution in [0.2, 0.25) is 0 Å². The first-order chi connectivity index (χ1) is 9.04. The van der Waals surface area contributed by atoms with E-state index < -0.39 is 10.0 Å².